The first-order valence-electron chi connectivity index (χ1n) is 9.23. The van der Waals surface area contributed by atoms with Crippen molar-refractivity contribution in [2.75, 3.05) is 7.05 Å². The number of carbonyl (C=O) groups excluding carboxylic acids is 1. The van der Waals surface area contributed by atoms with Crippen molar-refractivity contribution in [3.8, 4) is 0 Å². The molecule has 7 heteroatoms. The van der Waals surface area contributed by atoms with Crippen molar-refractivity contribution < 1.29 is 9.18 Å². The van der Waals surface area contributed by atoms with Gasteiger partial charge in [0.05, 0.1) is 6.54 Å². The molecule has 0 spiro atoms. The van der Waals surface area contributed by atoms with Crippen LogP contribution in [0.2, 0.25) is 0 Å². The van der Waals surface area contributed by atoms with Crippen molar-refractivity contribution in [3.63, 3.8) is 0 Å². The Hall–Kier alpha value is -2.64. The third kappa shape index (κ3) is 4.10. The fourth-order valence-electron chi connectivity index (χ4n) is 3.59. The summed E-state index contributed by atoms with van der Waals surface area (Å²) in [5.74, 6) is -0.556. The van der Waals surface area contributed by atoms with Gasteiger partial charge in [0, 0.05) is 12.6 Å². The minimum atomic E-state index is -0.294. The highest BCUT2D eigenvalue weighted by Gasteiger charge is 2.26. The van der Waals surface area contributed by atoms with E-state index in [0.29, 0.717) is 24.1 Å². The molecule has 1 aliphatic carbocycles. The third-order valence-corrected chi connectivity index (χ3v) is 5.95. The minimum Gasteiger partial charge on any atom is -0.346 e. The molecule has 1 heterocycles. The Morgan fingerprint density at radius 1 is 1.21 bits per heavy atom. The van der Waals surface area contributed by atoms with E-state index in [1.807, 2.05) is 0 Å². The molecule has 1 unspecified atom stereocenters. The lowest BCUT2D eigenvalue weighted by Crippen LogP contribution is -2.22. The van der Waals surface area contributed by atoms with Crippen LogP contribution in [0, 0.1) is 5.82 Å². The van der Waals surface area contributed by atoms with Gasteiger partial charge in [0.2, 0.25) is 5.01 Å². The second-order valence-electron chi connectivity index (χ2n) is 6.98. The molecular formula is C21H21FN4OS. The van der Waals surface area contributed by atoms with Crippen molar-refractivity contribution in [2.45, 2.75) is 32.0 Å². The lowest BCUT2D eigenvalue weighted by atomic mass is 10.1. The van der Waals surface area contributed by atoms with Crippen LogP contribution in [0.15, 0.2) is 48.5 Å². The first kappa shape index (κ1) is 18.7. The highest BCUT2D eigenvalue weighted by atomic mass is 32.1. The normalized spacial score (nSPS) is 15.6. The number of carbonyl (C=O) groups is 1. The van der Waals surface area contributed by atoms with E-state index in [2.05, 4.69) is 51.7 Å². The maximum absolute atomic E-state index is 12.9. The predicted molar refractivity (Wildman–Crippen MR) is 106 cm³/mol. The van der Waals surface area contributed by atoms with E-state index in [1.54, 1.807) is 12.1 Å². The van der Waals surface area contributed by atoms with Gasteiger partial charge in [0.1, 0.15) is 10.8 Å². The number of nitrogens with one attached hydrogen (secondary N) is 1. The number of benzene rings is 2. The summed E-state index contributed by atoms with van der Waals surface area (Å²) in [5, 5.41) is 12.2. The molecule has 1 N–H and O–H groups in total. The van der Waals surface area contributed by atoms with Gasteiger partial charge in [0.15, 0.2) is 0 Å². The number of hydrogen-bond acceptors (Lipinski definition) is 5. The Bertz CT molecular complexity index is 973. The second-order valence-corrected chi connectivity index (χ2v) is 8.04. The zero-order valence-electron chi connectivity index (χ0n) is 15.6. The summed E-state index contributed by atoms with van der Waals surface area (Å²) < 4.78 is 12.9. The molecule has 0 aliphatic heterocycles. The van der Waals surface area contributed by atoms with Crippen LogP contribution in [0.4, 0.5) is 4.39 Å². The van der Waals surface area contributed by atoms with E-state index >= 15 is 0 Å². The third-order valence-electron chi connectivity index (χ3n) is 5.05. The summed E-state index contributed by atoms with van der Waals surface area (Å²) in [6.07, 6.45) is 2.19. The number of halogens is 1. The summed E-state index contributed by atoms with van der Waals surface area (Å²) in [6, 6.07) is 15.0. The van der Waals surface area contributed by atoms with Gasteiger partial charge in [-0.2, -0.15) is 0 Å². The highest BCUT2D eigenvalue weighted by molar-refractivity contribution is 7.13. The van der Waals surface area contributed by atoms with Crippen LogP contribution in [-0.2, 0) is 19.5 Å². The monoisotopic (exact) mass is 396 g/mol. The number of fused-ring (bicyclic) bond motifs is 1. The zero-order chi connectivity index (χ0) is 19.5. The number of amides is 1. The first-order chi connectivity index (χ1) is 13.6. The van der Waals surface area contributed by atoms with Gasteiger partial charge in [-0.25, -0.2) is 4.39 Å². The Kier molecular flexibility index (Phi) is 5.45. The maximum Gasteiger partial charge on any atom is 0.282 e. The molecule has 1 amide bonds. The molecule has 0 saturated carbocycles. The van der Waals surface area contributed by atoms with E-state index in [-0.39, 0.29) is 11.7 Å². The summed E-state index contributed by atoms with van der Waals surface area (Å²) in [4.78, 5) is 14.6. The summed E-state index contributed by atoms with van der Waals surface area (Å²) >= 11 is 1.31. The van der Waals surface area contributed by atoms with Crippen molar-refractivity contribution in [1.82, 2.24) is 20.4 Å². The van der Waals surface area contributed by atoms with Gasteiger partial charge < -0.3 is 5.32 Å². The molecule has 4 rings (SSSR count). The molecule has 0 radical (unpaired) electrons. The zero-order valence-corrected chi connectivity index (χ0v) is 16.4. The molecule has 2 aromatic carbocycles. The fraction of sp³-hybridized carbons (Fsp3) is 0.286. The SMILES string of the molecule is CN(Cc1nnc(C(=O)NCc2ccc(F)cc2)s1)C1CCc2ccccc21. The van der Waals surface area contributed by atoms with Crippen LogP contribution < -0.4 is 5.32 Å². The molecule has 1 aliphatic rings. The van der Waals surface area contributed by atoms with E-state index in [4.69, 9.17) is 0 Å². The van der Waals surface area contributed by atoms with E-state index in [1.165, 1.54) is 34.6 Å². The van der Waals surface area contributed by atoms with Gasteiger partial charge in [-0.3, -0.25) is 9.69 Å². The predicted octanol–water partition coefficient (Wildman–Crippen LogP) is 3.73. The lowest BCUT2D eigenvalue weighted by molar-refractivity contribution is 0.0950. The number of rotatable bonds is 6. The smallest absolute Gasteiger partial charge is 0.282 e. The lowest BCUT2D eigenvalue weighted by Gasteiger charge is -2.23. The summed E-state index contributed by atoms with van der Waals surface area (Å²) in [6.45, 7) is 0.981. The molecule has 144 valence electrons. The largest absolute Gasteiger partial charge is 0.346 e. The van der Waals surface area contributed by atoms with Crippen LogP contribution in [0.25, 0.3) is 0 Å². The number of aryl methyl sites for hydroxylation is 1. The Balaban J connectivity index is 1.35. The van der Waals surface area contributed by atoms with Crippen LogP contribution in [0.5, 0.6) is 0 Å². The first-order valence-corrected chi connectivity index (χ1v) is 10.0. The molecule has 0 fully saturated rings. The van der Waals surface area contributed by atoms with Gasteiger partial charge >= 0.3 is 0 Å². The van der Waals surface area contributed by atoms with Gasteiger partial charge in [-0.1, -0.05) is 47.7 Å². The standard InChI is InChI=1S/C21H21FN4OS/c1-26(18-11-8-15-4-2-3-5-17(15)18)13-19-24-25-21(28-19)20(27)23-12-14-6-9-16(22)10-7-14/h2-7,9-10,18H,8,11-13H2,1H3,(H,23,27). The Morgan fingerprint density at radius 3 is 2.82 bits per heavy atom. The van der Waals surface area contributed by atoms with E-state index in [9.17, 15) is 9.18 Å². The van der Waals surface area contributed by atoms with Gasteiger partial charge in [-0.15, -0.1) is 10.2 Å². The number of aromatic nitrogens is 2. The average molecular weight is 396 g/mol. The Labute approximate surface area is 167 Å². The van der Waals surface area contributed by atoms with Crippen LogP contribution in [0.3, 0.4) is 0 Å². The molecule has 28 heavy (non-hydrogen) atoms. The molecule has 0 saturated heterocycles. The highest BCUT2D eigenvalue weighted by Crippen LogP contribution is 2.35. The molecule has 0 bridgehead atoms. The summed E-state index contributed by atoms with van der Waals surface area (Å²) in [7, 11) is 2.09. The van der Waals surface area contributed by atoms with Crippen LogP contribution in [-0.4, -0.2) is 28.1 Å². The van der Waals surface area contributed by atoms with Crippen LogP contribution in [0.1, 0.15) is 44.0 Å². The van der Waals surface area contributed by atoms with Crippen molar-refractivity contribution in [2.24, 2.45) is 0 Å². The fourth-order valence-corrected chi connectivity index (χ4v) is 4.41. The number of nitrogens with zero attached hydrogens (tertiary/aromatic N) is 3. The molecule has 1 aromatic heterocycles. The second kappa shape index (κ2) is 8.16. The Morgan fingerprint density at radius 2 is 2.00 bits per heavy atom. The quantitative estimate of drug-likeness (QED) is 0.690. The average Bonchev–Trinajstić information content (AvgIpc) is 3.34. The molecular weight excluding hydrogens is 375 g/mol. The molecule has 3 aromatic rings. The minimum absolute atomic E-state index is 0.262. The van der Waals surface area contributed by atoms with E-state index in [0.717, 1.165) is 23.4 Å². The maximum atomic E-state index is 12.9. The number of hydrogen-bond donors (Lipinski definition) is 1. The summed E-state index contributed by atoms with van der Waals surface area (Å²) in [5.41, 5.74) is 3.63. The van der Waals surface area contributed by atoms with Crippen molar-refractivity contribution in [3.05, 3.63) is 81.1 Å². The van der Waals surface area contributed by atoms with Crippen molar-refractivity contribution in [1.29, 1.82) is 0 Å². The van der Waals surface area contributed by atoms with Crippen molar-refractivity contribution >= 4 is 17.2 Å². The van der Waals surface area contributed by atoms with E-state index < -0.39 is 0 Å². The van der Waals surface area contributed by atoms with Crippen LogP contribution >= 0.6 is 11.3 Å². The molecule has 1 atom stereocenters. The topological polar surface area (TPSA) is 58.1 Å². The molecule has 5 nitrogen and oxygen atoms in total. The van der Waals surface area contributed by atoms with Gasteiger partial charge in [-0.05, 0) is 48.7 Å². The van der Waals surface area contributed by atoms with Gasteiger partial charge in [0.25, 0.3) is 5.91 Å².